The second-order valence-electron chi connectivity index (χ2n) is 8.81. The molecule has 0 aliphatic carbocycles. The van der Waals surface area contributed by atoms with Crippen LogP contribution in [0.25, 0.3) is 5.57 Å². The molecule has 2 aromatic rings. The van der Waals surface area contributed by atoms with Crippen molar-refractivity contribution >= 4 is 22.9 Å². The van der Waals surface area contributed by atoms with Gasteiger partial charge in [-0.15, -0.1) is 0 Å². The van der Waals surface area contributed by atoms with Gasteiger partial charge in [0.25, 0.3) is 12.3 Å². The summed E-state index contributed by atoms with van der Waals surface area (Å²) < 4.78 is 25.5. The summed E-state index contributed by atoms with van der Waals surface area (Å²) in [4.78, 5) is 17.3. The van der Waals surface area contributed by atoms with Crippen molar-refractivity contribution < 1.29 is 13.6 Å². The van der Waals surface area contributed by atoms with Gasteiger partial charge in [0.2, 0.25) is 0 Å². The Kier molecular flexibility index (Phi) is 6.28. The number of rotatable bonds is 5. The number of hydrogen-bond acceptors (Lipinski definition) is 5. The second-order valence-corrected chi connectivity index (χ2v) is 8.81. The number of fused-ring (bicyclic) bond motifs is 1. The Bertz CT molecular complexity index is 1030. The van der Waals surface area contributed by atoms with E-state index in [0.717, 1.165) is 49.5 Å². The molecule has 3 aliphatic rings. The van der Waals surface area contributed by atoms with Gasteiger partial charge in [0.15, 0.2) is 6.17 Å². The summed E-state index contributed by atoms with van der Waals surface area (Å²) in [5, 5.41) is 10.0. The zero-order valence-electron chi connectivity index (χ0n) is 18.5. The number of alkyl halides is 2. The minimum absolute atomic E-state index is 0.0475. The van der Waals surface area contributed by atoms with Crippen LogP contribution in [0.15, 0.2) is 48.5 Å². The lowest BCUT2D eigenvalue weighted by molar-refractivity contribution is -0.133. The van der Waals surface area contributed by atoms with Crippen LogP contribution >= 0.6 is 0 Å². The first-order valence-electron chi connectivity index (χ1n) is 11.5. The van der Waals surface area contributed by atoms with Crippen LogP contribution in [0.2, 0.25) is 0 Å². The first kappa shape index (κ1) is 21.9. The summed E-state index contributed by atoms with van der Waals surface area (Å²) in [5.74, 6) is 0.0507. The highest BCUT2D eigenvalue weighted by Crippen LogP contribution is 2.33. The lowest BCUT2D eigenvalue weighted by atomic mass is 9.99. The highest BCUT2D eigenvalue weighted by atomic mass is 19.3. The van der Waals surface area contributed by atoms with Crippen molar-refractivity contribution in [2.75, 3.05) is 49.9 Å². The SMILES string of the molecule is O=C(C1Nc2ccc(C3=CCNCC3)cc2N1)N1CCN(Cc2ccc(C(F)F)cc2)CC1. The maximum Gasteiger partial charge on any atom is 0.265 e. The molecule has 8 heteroatoms. The molecule has 0 aromatic heterocycles. The normalized spacial score (nSPS) is 20.8. The van der Waals surface area contributed by atoms with Gasteiger partial charge >= 0.3 is 0 Å². The van der Waals surface area contributed by atoms with E-state index >= 15 is 0 Å². The fourth-order valence-electron chi connectivity index (χ4n) is 4.68. The number of hydrogen-bond donors (Lipinski definition) is 3. The molecule has 0 saturated carbocycles. The van der Waals surface area contributed by atoms with E-state index in [1.165, 1.54) is 23.3 Å². The molecule has 3 heterocycles. The molecule has 0 spiro atoms. The molecule has 1 atom stereocenters. The predicted molar refractivity (Wildman–Crippen MR) is 126 cm³/mol. The van der Waals surface area contributed by atoms with E-state index in [-0.39, 0.29) is 11.5 Å². The number of amides is 1. The Morgan fingerprint density at radius 2 is 1.76 bits per heavy atom. The van der Waals surface area contributed by atoms with Gasteiger partial charge in [0, 0.05) is 44.8 Å². The molecule has 6 nitrogen and oxygen atoms in total. The number of carbonyl (C=O) groups excluding carboxylic acids is 1. The van der Waals surface area contributed by atoms with Gasteiger partial charge in [-0.2, -0.15) is 0 Å². The fourth-order valence-corrected chi connectivity index (χ4v) is 4.68. The average molecular weight is 454 g/mol. The molecule has 174 valence electrons. The van der Waals surface area contributed by atoms with Crippen LogP contribution in [-0.4, -0.2) is 61.1 Å². The summed E-state index contributed by atoms with van der Waals surface area (Å²) in [7, 11) is 0. The van der Waals surface area contributed by atoms with E-state index in [1.807, 2.05) is 11.0 Å². The van der Waals surface area contributed by atoms with E-state index < -0.39 is 12.6 Å². The first-order valence-corrected chi connectivity index (χ1v) is 11.5. The number of benzene rings is 2. The smallest absolute Gasteiger partial charge is 0.265 e. The third-order valence-electron chi connectivity index (χ3n) is 6.62. The number of nitrogens with zero attached hydrogens (tertiary/aromatic N) is 2. The average Bonchev–Trinajstić information content (AvgIpc) is 3.28. The molecule has 1 saturated heterocycles. The minimum atomic E-state index is -2.44. The van der Waals surface area contributed by atoms with Crippen LogP contribution < -0.4 is 16.0 Å². The van der Waals surface area contributed by atoms with Gasteiger partial charge in [-0.25, -0.2) is 8.78 Å². The highest BCUT2D eigenvalue weighted by Gasteiger charge is 2.31. The van der Waals surface area contributed by atoms with E-state index in [0.29, 0.717) is 19.6 Å². The number of halogens is 2. The van der Waals surface area contributed by atoms with Gasteiger partial charge in [-0.3, -0.25) is 9.69 Å². The van der Waals surface area contributed by atoms with E-state index in [1.54, 1.807) is 12.1 Å². The maximum absolute atomic E-state index is 13.1. The van der Waals surface area contributed by atoms with E-state index in [9.17, 15) is 13.6 Å². The van der Waals surface area contributed by atoms with Crippen molar-refractivity contribution in [1.82, 2.24) is 15.1 Å². The van der Waals surface area contributed by atoms with Crippen LogP contribution in [-0.2, 0) is 11.3 Å². The Balaban J connectivity index is 1.14. The largest absolute Gasteiger partial charge is 0.356 e. The third-order valence-corrected chi connectivity index (χ3v) is 6.62. The zero-order chi connectivity index (χ0) is 22.8. The summed E-state index contributed by atoms with van der Waals surface area (Å²) >= 11 is 0. The van der Waals surface area contributed by atoms with Crippen molar-refractivity contribution in [2.45, 2.75) is 25.6 Å². The molecule has 0 bridgehead atoms. The molecule has 1 fully saturated rings. The molecule has 5 rings (SSSR count). The molecule has 1 amide bonds. The van der Waals surface area contributed by atoms with Gasteiger partial charge in [0.05, 0.1) is 11.4 Å². The first-order chi connectivity index (χ1) is 16.1. The van der Waals surface area contributed by atoms with Gasteiger partial charge in [0.1, 0.15) is 0 Å². The van der Waals surface area contributed by atoms with Crippen LogP contribution in [0.5, 0.6) is 0 Å². The Morgan fingerprint density at radius 1 is 1.00 bits per heavy atom. The van der Waals surface area contributed by atoms with E-state index in [4.69, 9.17) is 0 Å². The number of anilines is 2. The van der Waals surface area contributed by atoms with Gasteiger partial charge in [-0.05, 0) is 41.8 Å². The van der Waals surface area contributed by atoms with Crippen molar-refractivity contribution in [3.63, 3.8) is 0 Å². The fraction of sp³-hybridized carbons (Fsp3) is 0.400. The lowest BCUT2D eigenvalue weighted by Crippen LogP contribution is -2.53. The van der Waals surface area contributed by atoms with Crippen LogP contribution in [0, 0.1) is 0 Å². The second kappa shape index (κ2) is 9.49. The topological polar surface area (TPSA) is 59.6 Å². The number of nitrogens with one attached hydrogen (secondary N) is 3. The Labute approximate surface area is 192 Å². The monoisotopic (exact) mass is 453 g/mol. The lowest BCUT2D eigenvalue weighted by Gasteiger charge is -2.36. The standard InChI is InChI=1S/C25H29F2N5O/c26-23(27)19-3-1-17(2-4-19)16-31-11-13-32(14-12-31)25(33)24-29-21-6-5-20(15-22(21)30-24)18-7-9-28-10-8-18/h1-7,15,23-24,28-30H,8-14,16H2. The molecule has 0 radical (unpaired) electrons. The quantitative estimate of drug-likeness (QED) is 0.647. The van der Waals surface area contributed by atoms with Crippen LogP contribution in [0.3, 0.4) is 0 Å². The van der Waals surface area contributed by atoms with Crippen molar-refractivity contribution in [1.29, 1.82) is 0 Å². The van der Waals surface area contributed by atoms with Crippen molar-refractivity contribution in [3.05, 3.63) is 65.2 Å². The summed E-state index contributed by atoms with van der Waals surface area (Å²) in [6.07, 6.45) is 0.342. The summed E-state index contributed by atoms with van der Waals surface area (Å²) in [6, 6.07) is 12.8. The van der Waals surface area contributed by atoms with Crippen molar-refractivity contribution in [3.8, 4) is 0 Å². The Morgan fingerprint density at radius 3 is 2.45 bits per heavy atom. The molecular formula is C25H29F2N5O. The number of piperazine rings is 1. The minimum Gasteiger partial charge on any atom is -0.356 e. The molecule has 3 aliphatic heterocycles. The molecule has 1 unspecified atom stereocenters. The molecule has 3 N–H and O–H groups in total. The molecule has 2 aromatic carbocycles. The zero-order valence-corrected chi connectivity index (χ0v) is 18.5. The summed E-state index contributed by atoms with van der Waals surface area (Å²) in [5.41, 5.74) is 5.52. The predicted octanol–water partition coefficient (Wildman–Crippen LogP) is 3.51. The molecule has 33 heavy (non-hydrogen) atoms. The highest BCUT2D eigenvalue weighted by molar-refractivity contribution is 5.93. The van der Waals surface area contributed by atoms with Gasteiger partial charge in [-0.1, -0.05) is 36.4 Å². The van der Waals surface area contributed by atoms with Crippen LogP contribution in [0.4, 0.5) is 20.2 Å². The van der Waals surface area contributed by atoms with E-state index in [2.05, 4.69) is 39.1 Å². The van der Waals surface area contributed by atoms with Crippen molar-refractivity contribution in [2.24, 2.45) is 0 Å². The van der Waals surface area contributed by atoms with Gasteiger partial charge < -0.3 is 20.9 Å². The van der Waals surface area contributed by atoms with Crippen LogP contribution in [0.1, 0.15) is 29.5 Å². The third kappa shape index (κ3) is 4.86. The molecular weight excluding hydrogens is 424 g/mol. The maximum atomic E-state index is 13.1. The Hall–Kier alpha value is -2.97. The summed E-state index contributed by atoms with van der Waals surface area (Å²) in [6.45, 7) is 5.40. The number of carbonyl (C=O) groups is 1.